The van der Waals surface area contributed by atoms with Gasteiger partial charge in [-0.25, -0.2) is 0 Å². The molecule has 4 rings (SSSR count). The smallest absolute Gasteiger partial charge is 0.389 e. The molecule has 0 radical (unpaired) electrons. The number of β-amino-alcohol motifs (C(OH)–C–C–N with tert-alkyl or cyclic N) is 1. The van der Waals surface area contributed by atoms with Crippen LogP contribution in [0.2, 0.25) is 0 Å². The first-order chi connectivity index (χ1) is 14.4. The van der Waals surface area contributed by atoms with E-state index in [0.29, 0.717) is 31.9 Å². The van der Waals surface area contributed by atoms with Gasteiger partial charge in [-0.05, 0) is 61.6 Å². The summed E-state index contributed by atoms with van der Waals surface area (Å²) < 4.78 is 44.5. The van der Waals surface area contributed by atoms with Crippen LogP contribution < -0.4 is 4.90 Å². The predicted molar refractivity (Wildman–Crippen MR) is 110 cm³/mol. The van der Waals surface area contributed by atoms with Crippen LogP contribution in [0.15, 0.2) is 24.3 Å². The van der Waals surface area contributed by atoms with Crippen molar-refractivity contribution in [3.8, 4) is 0 Å². The second-order valence-electron chi connectivity index (χ2n) is 9.29. The van der Waals surface area contributed by atoms with Crippen molar-refractivity contribution in [2.45, 2.75) is 44.4 Å². The van der Waals surface area contributed by atoms with Gasteiger partial charge in [-0.3, -0.25) is 4.90 Å². The van der Waals surface area contributed by atoms with E-state index < -0.39 is 17.8 Å². The standard InChI is InChI=1S/C23H33F3N2O2/c24-23(25,26)20-2-1-3-21(14-20)28-9-7-27(8-10-28)15-22(29)16-30-11-6-19-13-17-4-5-18(19)12-17/h1-3,14,17-19,22,29H,4-13,15-16H2. The van der Waals surface area contributed by atoms with Gasteiger partial charge in [-0.15, -0.1) is 0 Å². The van der Waals surface area contributed by atoms with E-state index in [0.717, 1.165) is 49.9 Å². The molecule has 0 amide bonds. The molecule has 4 nitrogen and oxygen atoms in total. The first kappa shape index (κ1) is 21.9. The Bertz CT molecular complexity index is 691. The highest BCUT2D eigenvalue weighted by molar-refractivity contribution is 5.49. The average Bonchev–Trinajstić information content (AvgIpc) is 3.35. The number of alkyl halides is 3. The zero-order valence-corrected chi connectivity index (χ0v) is 17.5. The van der Waals surface area contributed by atoms with Gasteiger partial charge in [0, 0.05) is 45.0 Å². The van der Waals surface area contributed by atoms with Crippen LogP contribution in [0.1, 0.15) is 37.7 Å². The van der Waals surface area contributed by atoms with Crippen molar-refractivity contribution in [2.24, 2.45) is 17.8 Å². The highest BCUT2D eigenvalue weighted by Crippen LogP contribution is 2.49. The largest absolute Gasteiger partial charge is 0.416 e. The quantitative estimate of drug-likeness (QED) is 0.637. The molecule has 2 bridgehead atoms. The fraction of sp³-hybridized carbons (Fsp3) is 0.739. The number of anilines is 1. The zero-order chi connectivity index (χ0) is 21.1. The first-order valence-corrected chi connectivity index (χ1v) is 11.3. The molecule has 3 fully saturated rings. The van der Waals surface area contributed by atoms with E-state index >= 15 is 0 Å². The number of halogens is 3. The fourth-order valence-corrected chi connectivity index (χ4v) is 5.60. The zero-order valence-electron chi connectivity index (χ0n) is 17.5. The van der Waals surface area contributed by atoms with Crippen LogP contribution >= 0.6 is 0 Å². The molecule has 7 heteroatoms. The molecular formula is C23H33F3N2O2. The van der Waals surface area contributed by atoms with E-state index in [-0.39, 0.29) is 0 Å². The number of aliphatic hydroxyl groups is 1. The van der Waals surface area contributed by atoms with E-state index in [2.05, 4.69) is 4.90 Å². The lowest BCUT2D eigenvalue weighted by Crippen LogP contribution is -2.49. The van der Waals surface area contributed by atoms with Gasteiger partial charge in [0.2, 0.25) is 0 Å². The highest BCUT2D eigenvalue weighted by Gasteiger charge is 2.38. The van der Waals surface area contributed by atoms with Gasteiger partial charge in [-0.1, -0.05) is 12.5 Å². The molecule has 0 aromatic heterocycles. The molecule has 4 unspecified atom stereocenters. The van der Waals surface area contributed by atoms with Crippen molar-refractivity contribution in [3.05, 3.63) is 29.8 Å². The Hall–Kier alpha value is -1.31. The molecule has 4 atom stereocenters. The minimum atomic E-state index is -4.32. The SMILES string of the molecule is OC(COCCC1CC2CCC1C2)CN1CCN(c2cccc(C(F)(F)F)c2)CC1. The van der Waals surface area contributed by atoms with Gasteiger partial charge >= 0.3 is 6.18 Å². The van der Waals surface area contributed by atoms with E-state index in [4.69, 9.17) is 4.74 Å². The Morgan fingerprint density at radius 1 is 1.10 bits per heavy atom. The number of ether oxygens (including phenoxy) is 1. The van der Waals surface area contributed by atoms with Crippen LogP contribution in [0.25, 0.3) is 0 Å². The molecule has 1 saturated heterocycles. The van der Waals surface area contributed by atoms with Crippen molar-refractivity contribution in [3.63, 3.8) is 0 Å². The van der Waals surface area contributed by atoms with Crippen molar-refractivity contribution >= 4 is 5.69 Å². The highest BCUT2D eigenvalue weighted by atomic mass is 19.4. The number of benzene rings is 1. The number of rotatable bonds is 8. The number of hydrogen-bond acceptors (Lipinski definition) is 4. The summed E-state index contributed by atoms with van der Waals surface area (Å²) in [4.78, 5) is 4.14. The third kappa shape index (κ3) is 5.48. The third-order valence-corrected chi connectivity index (χ3v) is 7.21. The van der Waals surface area contributed by atoms with Crippen LogP contribution in [0.3, 0.4) is 0 Å². The molecule has 1 heterocycles. The maximum atomic E-state index is 12.9. The van der Waals surface area contributed by atoms with Crippen LogP contribution in [0, 0.1) is 17.8 Å². The Morgan fingerprint density at radius 2 is 1.90 bits per heavy atom. The van der Waals surface area contributed by atoms with Crippen molar-refractivity contribution in [1.82, 2.24) is 4.90 Å². The Kier molecular flexibility index (Phi) is 6.90. The molecule has 1 N–H and O–H groups in total. The van der Waals surface area contributed by atoms with E-state index in [1.807, 2.05) is 4.90 Å². The van der Waals surface area contributed by atoms with E-state index in [1.165, 1.54) is 37.8 Å². The molecule has 1 aromatic rings. The molecule has 30 heavy (non-hydrogen) atoms. The second kappa shape index (κ2) is 9.45. The lowest BCUT2D eigenvalue weighted by Gasteiger charge is -2.37. The summed E-state index contributed by atoms with van der Waals surface area (Å²) in [7, 11) is 0. The molecule has 2 saturated carbocycles. The van der Waals surface area contributed by atoms with Crippen molar-refractivity contribution in [2.75, 3.05) is 50.8 Å². The van der Waals surface area contributed by atoms with Gasteiger partial charge in [0.25, 0.3) is 0 Å². The van der Waals surface area contributed by atoms with Crippen molar-refractivity contribution in [1.29, 1.82) is 0 Å². The lowest BCUT2D eigenvalue weighted by atomic mass is 9.87. The average molecular weight is 427 g/mol. The fourth-order valence-electron chi connectivity index (χ4n) is 5.60. The van der Waals surface area contributed by atoms with Gasteiger partial charge in [0.15, 0.2) is 0 Å². The minimum Gasteiger partial charge on any atom is -0.389 e. The summed E-state index contributed by atoms with van der Waals surface area (Å²) in [5.41, 5.74) is -0.00518. The summed E-state index contributed by atoms with van der Waals surface area (Å²) in [6.45, 7) is 4.38. The van der Waals surface area contributed by atoms with Crippen LogP contribution in [-0.4, -0.2) is 62.0 Å². The molecule has 1 aliphatic heterocycles. The number of aliphatic hydroxyl groups excluding tert-OH is 1. The van der Waals surface area contributed by atoms with E-state index in [1.54, 1.807) is 6.07 Å². The normalized spacial score (nSPS) is 28.3. The number of fused-ring (bicyclic) bond motifs is 2. The molecular weight excluding hydrogens is 393 g/mol. The first-order valence-electron chi connectivity index (χ1n) is 11.3. The number of piperazine rings is 1. The number of nitrogens with zero attached hydrogens (tertiary/aromatic N) is 2. The monoisotopic (exact) mass is 426 g/mol. The minimum absolute atomic E-state index is 0.356. The maximum Gasteiger partial charge on any atom is 0.416 e. The molecule has 1 aromatic carbocycles. The maximum absolute atomic E-state index is 12.9. The molecule has 168 valence electrons. The van der Waals surface area contributed by atoms with E-state index in [9.17, 15) is 18.3 Å². The lowest BCUT2D eigenvalue weighted by molar-refractivity contribution is -0.137. The predicted octanol–water partition coefficient (Wildman–Crippen LogP) is 4.03. The van der Waals surface area contributed by atoms with Crippen LogP contribution in [-0.2, 0) is 10.9 Å². The second-order valence-corrected chi connectivity index (χ2v) is 9.29. The summed E-state index contributed by atoms with van der Waals surface area (Å²) >= 11 is 0. The van der Waals surface area contributed by atoms with Gasteiger partial charge in [0.1, 0.15) is 0 Å². The van der Waals surface area contributed by atoms with Gasteiger partial charge in [-0.2, -0.15) is 13.2 Å². The number of hydrogen-bond donors (Lipinski definition) is 1. The third-order valence-electron chi connectivity index (χ3n) is 7.21. The summed E-state index contributed by atoms with van der Waals surface area (Å²) in [5, 5.41) is 10.3. The Morgan fingerprint density at radius 3 is 2.57 bits per heavy atom. The summed E-state index contributed by atoms with van der Waals surface area (Å²) in [5.74, 6) is 2.70. The molecule has 2 aliphatic carbocycles. The Labute approximate surface area is 177 Å². The van der Waals surface area contributed by atoms with Crippen LogP contribution in [0.5, 0.6) is 0 Å². The Balaban J connectivity index is 1.13. The van der Waals surface area contributed by atoms with Gasteiger partial charge in [0.05, 0.1) is 18.3 Å². The van der Waals surface area contributed by atoms with Crippen molar-refractivity contribution < 1.29 is 23.0 Å². The molecule has 3 aliphatic rings. The summed E-state index contributed by atoms with van der Waals surface area (Å²) in [6, 6.07) is 5.51. The van der Waals surface area contributed by atoms with Crippen LogP contribution in [0.4, 0.5) is 18.9 Å². The van der Waals surface area contributed by atoms with Gasteiger partial charge < -0.3 is 14.7 Å². The summed E-state index contributed by atoms with van der Waals surface area (Å²) in [6.07, 6.45) is 1.87. The topological polar surface area (TPSA) is 35.9 Å². The molecule has 0 spiro atoms.